The molecule has 0 amide bonds. The molecular formula is C26H44O3Ti. The second-order valence-electron chi connectivity index (χ2n) is 5.03. The van der Waals surface area contributed by atoms with E-state index in [1.165, 1.54) is 27.0 Å². The molecule has 0 spiro atoms. The van der Waals surface area contributed by atoms with Crippen molar-refractivity contribution >= 4 is 0 Å². The summed E-state index contributed by atoms with van der Waals surface area (Å²) in [5.74, 6) is 0. The van der Waals surface area contributed by atoms with Crippen LogP contribution >= 0.6 is 0 Å². The van der Waals surface area contributed by atoms with Crippen LogP contribution < -0.4 is 15.3 Å². The summed E-state index contributed by atoms with van der Waals surface area (Å²) in [5, 5.41) is 24.8. The molecule has 1 rings (SSSR count). The molecule has 1 aliphatic rings. The maximum atomic E-state index is 8.25. The van der Waals surface area contributed by atoms with Gasteiger partial charge in [-0.05, 0) is 41.5 Å². The Bertz CT molecular complexity index is 456. The minimum absolute atomic E-state index is 0.750. The number of allylic oxidation sites excluding steroid dienone is 13. The van der Waals surface area contributed by atoms with Crippen LogP contribution in [0.3, 0.4) is 0 Å². The van der Waals surface area contributed by atoms with Crippen molar-refractivity contribution in [3.05, 3.63) is 95.0 Å². The van der Waals surface area contributed by atoms with Crippen LogP contribution in [0.15, 0.2) is 95.0 Å². The van der Waals surface area contributed by atoms with Crippen LogP contribution in [0, 0.1) is 0 Å². The summed E-state index contributed by atoms with van der Waals surface area (Å²) in [4.78, 5) is 0. The summed E-state index contributed by atoms with van der Waals surface area (Å²) >= 11 is 2.14. The zero-order valence-electron chi connectivity index (χ0n) is 20.7. The van der Waals surface area contributed by atoms with Crippen LogP contribution in [-0.2, 0) is 20.4 Å². The first-order valence-corrected chi connectivity index (χ1v) is 10.2. The van der Waals surface area contributed by atoms with Gasteiger partial charge >= 0.3 is 49.0 Å². The molecule has 0 N–H and O–H groups in total. The van der Waals surface area contributed by atoms with E-state index in [1.807, 2.05) is 78.0 Å². The first kappa shape index (κ1) is 42.6. The molecule has 0 fully saturated rings. The van der Waals surface area contributed by atoms with Crippen molar-refractivity contribution in [2.24, 2.45) is 0 Å². The second kappa shape index (κ2) is 46.0. The first-order valence-electron chi connectivity index (χ1n) is 9.38. The van der Waals surface area contributed by atoms with E-state index >= 15 is 0 Å². The molecule has 0 saturated carbocycles. The van der Waals surface area contributed by atoms with Crippen molar-refractivity contribution < 1.29 is 35.8 Å². The van der Waals surface area contributed by atoms with Crippen LogP contribution in [0.1, 0.15) is 48.0 Å². The third-order valence-electron chi connectivity index (χ3n) is 3.10. The van der Waals surface area contributed by atoms with Gasteiger partial charge in [0.1, 0.15) is 0 Å². The summed E-state index contributed by atoms with van der Waals surface area (Å²) in [6.07, 6.45) is 19.1. The fraction of sp³-hybridized carbons (Fsp3) is 0.385. The predicted molar refractivity (Wildman–Crippen MR) is 128 cm³/mol. The normalized spacial score (nSPS) is 11.1. The summed E-state index contributed by atoms with van der Waals surface area (Å²) < 4.78 is 1.47. The summed E-state index contributed by atoms with van der Waals surface area (Å²) in [7, 11) is 2.25. The Labute approximate surface area is 199 Å². The molecule has 0 aromatic rings. The standard InChI is InChI=1S/3C6H10.C5H5.3CH3O.Ti/c3*1-4-6(3)5-2;1-2-4-5-3-1;3*1-2;/h3*4-5H,1H2,2-3H3;1-3H,4H2;3*1H3;/q;;;;3*-1;+3. The quantitative estimate of drug-likeness (QED) is 0.460. The third kappa shape index (κ3) is 56.3. The number of rotatable bonds is 3. The molecule has 0 aliphatic heterocycles. The van der Waals surface area contributed by atoms with Crippen LogP contribution in [0.2, 0.25) is 0 Å². The van der Waals surface area contributed by atoms with E-state index in [0.717, 1.165) is 21.3 Å². The van der Waals surface area contributed by atoms with Crippen molar-refractivity contribution in [3.8, 4) is 0 Å². The molecule has 0 unspecified atom stereocenters. The maximum absolute atomic E-state index is 8.25. The van der Waals surface area contributed by atoms with Gasteiger partial charge in [0.15, 0.2) is 0 Å². The van der Waals surface area contributed by atoms with Crippen molar-refractivity contribution in [3.63, 3.8) is 0 Å². The van der Waals surface area contributed by atoms with E-state index in [4.69, 9.17) is 15.3 Å². The zero-order chi connectivity index (χ0) is 25.4. The summed E-state index contributed by atoms with van der Waals surface area (Å²) in [6, 6.07) is 0. The van der Waals surface area contributed by atoms with Crippen molar-refractivity contribution in [1.82, 2.24) is 0 Å². The number of hydrogen-bond acceptors (Lipinski definition) is 3. The molecule has 0 radical (unpaired) electrons. The molecule has 0 aromatic heterocycles. The van der Waals surface area contributed by atoms with Crippen molar-refractivity contribution in [2.75, 3.05) is 21.3 Å². The Balaban J connectivity index is -0.0000000589. The Morgan fingerprint density at radius 1 is 0.733 bits per heavy atom. The topological polar surface area (TPSA) is 69.2 Å². The Morgan fingerprint density at radius 2 is 1.00 bits per heavy atom. The Morgan fingerprint density at radius 3 is 1.03 bits per heavy atom. The second-order valence-corrected chi connectivity index (χ2v) is 6.04. The van der Waals surface area contributed by atoms with Gasteiger partial charge in [-0.3, -0.25) is 0 Å². The van der Waals surface area contributed by atoms with Gasteiger partial charge in [0.25, 0.3) is 0 Å². The van der Waals surface area contributed by atoms with Crippen LogP contribution in [0.5, 0.6) is 0 Å². The molecule has 0 bridgehead atoms. The van der Waals surface area contributed by atoms with E-state index in [1.54, 1.807) is 0 Å². The van der Waals surface area contributed by atoms with Crippen LogP contribution in [-0.4, -0.2) is 21.3 Å². The van der Waals surface area contributed by atoms with E-state index in [0.29, 0.717) is 0 Å². The van der Waals surface area contributed by atoms with E-state index in [-0.39, 0.29) is 0 Å². The summed E-state index contributed by atoms with van der Waals surface area (Å²) in [6.45, 7) is 22.7. The van der Waals surface area contributed by atoms with Gasteiger partial charge in [-0.2, -0.15) is 21.3 Å². The van der Waals surface area contributed by atoms with Crippen LogP contribution in [0.25, 0.3) is 0 Å². The van der Waals surface area contributed by atoms with E-state index in [9.17, 15) is 0 Å². The Hall–Kier alpha value is -1.49. The molecule has 0 atom stereocenters. The average Bonchev–Trinajstić information content (AvgIpc) is 3.33. The van der Waals surface area contributed by atoms with E-state index in [2.05, 4.69) is 58.4 Å². The van der Waals surface area contributed by atoms with Gasteiger partial charge < -0.3 is 15.3 Å². The molecule has 170 valence electrons. The minimum atomic E-state index is 0.750. The van der Waals surface area contributed by atoms with Gasteiger partial charge in [-0.15, -0.1) is 0 Å². The monoisotopic (exact) mass is 452 g/mol. The van der Waals surface area contributed by atoms with Gasteiger partial charge in [-0.1, -0.05) is 72.9 Å². The van der Waals surface area contributed by atoms with Crippen molar-refractivity contribution in [1.29, 1.82) is 0 Å². The third-order valence-corrected chi connectivity index (χ3v) is 3.68. The first-order chi connectivity index (χ1) is 14.3. The molecule has 0 aromatic carbocycles. The average molecular weight is 453 g/mol. The molecular weight excluding hydrogens is 408 g/mol. The predicted octanol–water partition coefficient (Wildman–Crippen LogP) is 4.72. The fourth-order valence-electron chi connectivity index (χ4n) is 0.801. The molecule has 4 heteroatoms. The molecule has 0 saturated heterocycles. The summed E-state index contributed by atoms with van der Waals surface area (Å²) in [5.41, 5.74) is 3.69. The molecule has 30 heavy (non-hydrogen) atoms. The molecule has 3 nitrogen and oxygen atoms in total. The zero-order valence-corrected chi connectivity index (χ0v) is 22.3. The van der Waals surface area contributed by atoms with Crippen LogP contribution in [0.4, 0.5) is 0 Å². The SMILES string of the molecule is C=CC(C)=CC.C=CC(C)=CC.C=CC(C)=CC.C[O-].C[O-].C[O-].[Ti+3][C]1=CC=CC1. The fourth-order valence-corrected chi connectivity index (χ4v) is 1.14. The molecule has 1 aliphatic carbocycles. The molecule has 0 heterocycles. The number of hydrogen-bond donors (Lipinski definition) is 0. The van der Waals surface area contributed by atoms with Gasteiger partial charge in [0.05, 0.1) is 0 Å². The van der Waals surface area contributed by atoms with E-state index < -0.39 is 0 Å². The van der Waals surface area contributed by atoms with Gasteiger partial charge in [0.2, 0.25) is 0 Å². The van der Waals surface area contributed by atoms with Gasteiger partial charge in [0, 0.05) is 0 Å². The Kier molecular flexibility index (Phi) is 65.2. The van der Waals surface area contributed by atoms with Crippen molar-refractivity contribution in [2.45, 2.75) is 48.0 Å². The van der Waals surface area contributed by atoms with Gasteiger partial charge in [-0.25, -0.2) is 0 Å².